The van der Waals surface area contributed by atoms with Gasteiger partial charge in [0.05, 0.1) is 7.11 Å². The van der Waals surface area contributed by atoms with E-state index in [2.05, 4.69) is 9.97 Å². The van der Waals surface area contributed by atoms with Gasteiger partial charge in [-0.3, -0.25) is 0 Å². The highest BCUT2D eigenvalue weighted by molar-refractivity contribution is 6.28. The molecule has 0 saturated carbocycles. The molecule has 92 valence electrons. The molecule has 0 spiro atoms. The summed E-state index contributed by atoms with van der Waals surface area (Å²) in [5.41, 5.74) is 1.21. The number of ether oxygens (including phenoxy) is 1. The molecular weight excluding hydrogens is 255 g/mol. The monoisotopic (exact) mass is 264 g/mol. The van der Waals surface area contributed by atoms with Crippen LogP contribution in [0.15, 0.2) is 30.6 Å². The quantitative estimate of drug-likeness (QED) is 0.797. The van der Waals surface area contributed by atoms with Crippen LogP contribution in [0, 0.1) is 5.82 Å². The minimum absolute atomic E-state index is 0.183. The molecule has 1 aromatic heterocycles. The average molecular weight is 265 g/mol. The van der Waals surface area contributed by atoms with Crippen molar-refractivity contribution in [3.63, 3.8) is 0 Å². The zero-order valence-electron chi connectivity index (χ0n) is 9.60. The number of aromatic nitrogens is 2. The summed E-state index contributed by atoms with van der Waals surface area (Å²) in [7, 11) is 1.50. The van der Waals surface area contributed by atoms with Crippen LogP contribution in [0.3, 0.4) is 0 Å². The first kappa shape index (κ1) is 12.5. The molecule has 5 heteroatoms. The van der Waals surface area contributed by atoms with Gasteiger partial charge in [-0.1, -0.05) is 12.2 Å². The molecule has 0 N–H and O–H groups in total. The lowest BCUT2D eigenvalue weighted by Crippen LogP contribution is -1.87. The number of methoxy groups -OCH3 is 1. The van der Waals surface area contributed by atoms with E-state index in [1.807, 2.05) is 0 Å². The van der Waals surface area contributed by atoms with Gasteiger partial charge in [-0.05, 0) is 23.7 Å². The lowest BCUT2D eigenvalue weighted by Gasteiger charge is -2.01. The Morgan fingerprint density at radius 1 is 1.22 bits per heavy atom. The molecule has 0 fully saturated rings. The van der Waals surface area contributed by atoms with E-state index in [-0.39, 0.29) is 11.1 Å². The molecule has 18 heavy (non-hydrogen) atoms. The zero-order chi connectivity index (χ0) is 13.0. The minimum Gasteiger partial charge on any atom is -0.497 e. The van der Waals surface area contributed by atoms with Crippen molar-refractivity contribution in [2.24, 2.45) is 0 Å². The summed E-state index contributed by atoms with van der Waals surface area (Å²) in [6, 6.07) is 4.67. The molecule has 0 saturated heterocycles. The Labute approximate surface area is 109 Å². The maximum atomic E-state index is 13.6. The van der Waals surface area contributed by atoms with Gasteiger partial charge in [-0.15, -0.1) is 0 Å². The predicted molar refractivity (Wildman–Crippen MR) is 68.9 cm³/mol. The van der Waals surface area contributed by atoms with Crippen LogP contribution in [-0.4, -0.2) is 17.1 Å². The van der Waals surface area contributed by atoms with Crippen molar-refractivity contribution in [1.29, 1.82) is 0 Å². The van der Waals surface area contributed by atoms with E-state index >= 15 is 0 Å². The number of benzene rings is 1. The summed E-state index contributed by atoms with van der Waals surface area (Å²) in [5.74, 6) is 0.139. The largest absolute Gasteiger partial charge is 0.497 e. The van der Waals surface area contributed by atoms with Gasteiger partial charge in [-0.25, -0.2) is 14.4 Å². The van der Waals surface area contributed by atoms with Gasteiger partial charge in [-0.2, -0.15) is 0 Å². The van der Waals surface area contributed by atoms with Crippen LogP contribution in [0.25, 0.3) is 12.2 Å². The first-order valence-electron chi connectivity index (χ1n) is 5.18. The van der Waals surface area contributed by atoms with Gasteiger partial charge < -0.3 is 4.74 Å². The number of nitrogens with zero attached hydrogens (tertiary/aromatic N) is 2. The Morgan fingerprint density at radius 3 is 2.56 bits per heavy atom. The third-order valence-corrected chi connectivity index (χ3v) is 2.50. The van der Waals surface area contributed by atoms with Crippen LogP contribution in [0.1, 0.15) is 11.1 Å². The molecule has 2 rings (SSSR count). The Bertz CT molecular complexity index is 570. The summed E-state index contributed by atoms with van der Waals surface area (Å²) in [6.07, 6.45) is 6.48. The standard InChI is InChI=1S/C13H10ClFN2O/c1-18-11-5-4-10(12(15)6-11)3-2-9-7-16-13(14)17-8-9/h2-8H,1H3/b3-2-. The van der Waals surface area contributed by atoms with Crippen LogP contribution in [0.5, 0.6) is 5.75 Å². The molecule has 0 aliphatic carbocycles. The van der Waals surface area contributed by atoms with Gasteiger partial charge in [0, 0.05) is 29.6 Å². The van der Waals surface area contributed by atoms with E-state index in [0.29, 0.717) is 11.3 Å². The summed E-state index contributed by atoms with van der Waals surface area (Å²) >= 11 is 5.57. The van der Waals surface area contributed by atoms with Gasteiger partial charge in [0.15, 0.2) is 0 Å². The van der Waals surface area contributed by atoms with Crippen molar-refractivity contribution in [2.75, 3.05) is 7.11 Å². The maximum absolute atomic E-state index is 13.6. The predicted octanol–water partition coefficient (Wildman–Crippen LogP) is 3.45. The fourth-order valence-corrected chi connectivity index (χ4v) is 1.46. The average Bonchev–Trinajstić information content (AvgIpc) is 2.39. The van der Waals surface area contributed by atoms with E-state index in [0.717, 1.165) is 5.56 Å². The molecule has 0 radical (unpaired) electrons. The van der Waals surface area contributed by atoms with Crippen LogP contribution in [-0.2, 0) is 0 Å². The van der Waals surface area contributed by atoms with E-state index in [4.69, 9.17) is 16.3 Å². The number of rotatable bonds is 3. The number of hydrogen-bond donors (Lipinski definition) is 0. The molecule has 2 aromatic rings. The normalized spacial score (nSPS) is 10.8. The number of hydrogen-bond acceptors (Lipinski definition) is 3. The van der Waals surface area contributed by atoms with Crippen LogP contribution in [0.2, 0.25) is 5.28 Å². The van der Waals surface area contributed by atoms with Gasteiger partial charge in [0.1, 0.15) is 11.6 Å². The highest BCUT2D eigenvalue weighted by Gasteiger charge is 2.00. The van der Waals surface area contributed by atoms with Gasteiger partial charge in [0.25, 0.3) is 0 Å². The molecule has 0 amide bonds. The van der Waals surface area contributed by atoms with E-state index in [1.54, 1.807) is 36.7 Å². The smallest absolute Gasteiger partial charge is 0.222 e. The minimum atomic E-state index is -0.347. The van der Waals surface area contributed by atoms with Crippen molar-refractivity contribution in [3.05, 3.63) is 52.8 Å². The molecule has 0 aliphatic rings. The SMILES string of the molecule is COc1ccc(/C=C\c2cnc(Cl)nc2)c(F)c1. The van der Waals surface area contributed by atoms with E-state index < -0.39 is 0 Å². The zero-order valence-corrected chi connectivity index (χ0v) is 10.4. The lowest BCUT2D eigenvalue weighted by molar-refractivity contribution is 0.411. The molecule has 3 nitrogen and oxygen atoms in total. The molecular formula is C13H10ClFN2O. The van der Waals surface area contributed by atoms with Crippen molar-refractivity contribution in [2.45, 2.75) is 0 Å². The van der Waals surface area contributed by atoms with Crippen molar-refractivity contribution in [3.8, 4) is 5.75 Å². The van der Waals surface area contributed by atoms with Crippen molar-refractivity contribution >= 4 is 23.8 Å². The Morgan fingerprint density at radius 2 is 1.94 bits per heavy atom. The summed E-state index contributed by atoms with van der Waals surface area (Å²) < 4.78 is 18.5. The van der Waals surface area contributed by atoms with Crippen LogP contribution in [0.4, 0.5) is 4.39 Å². The highest BCUT2D eigenvalue weighted by Crippen LogP contribution is 2.18. The second-order valence-electron chi connectivity index (χ2n) is 3.51. The van der Waals surface area contributed by atoms with Crippen molar-refractivity contribution < 1.29 is 9.13 Å². The molecule has 0 atom stereocenters. The van der Waals surface area contributed by atoms with Crippen LogP contribution >= 0.6 is 11.6 Å². The van der Waals surface area contributed by atoms with Gasteiger partial charge >= 0.3 is 0 Å². The second kappa shape index (κ2) is 5.60. The first-order chi connectivity index (χ1) is 8.69. The third kappa shape index (κ3) is 3.05. The Balaban J connectivity index is 2.20. The second-order valence-corrected chi connectivity index (χ2v) is 3.84. The molecule has 1 heterocycles. The maximum Gasteiger partial charge on any atom is 0.222 e. The first-order valence-corrected chi connectivity index (χ1v) is 5.56. The lowest BCUT2D eigenvalue weighted by atomic mass is 10.1. The summed E-state index contributed by atoms with van der Waals surface area (Å²) in [5, 5.41) is 0.183. The number of halogens is 2. The Kier molecular flexibility index (Phi) is 3.89. The van der Waals surface area contributed by atoms with E-state index in [1.165, 1.54) is 13.2 Å². The molecule has 1 aromatic carbocycles. The molecule has 0 unspecified atom stereocenters. The topological polar surface area (TPSA) is 35.0 Å². The highest BCUT2D eigenvalue weighted by atomic mass is 35.5. The summed E-state index contributed by atoms with van der Waals surface area (Å²) in [4.78, 5) is 7.66. The van der Waals surface area contributed by atoms with Gasteiger partial charge in [0.2, 0.25) is 5.28 Å². The fourth-order valence-electron chi connectivity index (χ4n) is 1.36. The molecule has 0 aliphatic heterocycles. The van der Waals surface area contributed by atoms with Crippen molar-refractivity contribution in [1.82, 2.24) is 9.97 Å². The fraction of sp³-hybridized carbons (Fsp3) is 0.0769. The summed E-state index contributed by atoms with van der Waals surface area (Å²) in [6.45, 7) is 0. The third-order valence-electron chi connectivity index (χ3n) is 2.30. The Hall–Kier alpha value is -1.94. The van der Waals surface area contributed by atoms with E-state index in [9.17, 15) is 4.39 Å². The van der Waals surface area contributed by atoms with Crippen LogP contribution < -0.4 is 4.74 Å². The molecule has 0 bridgehead atoms.